The van der Waals surface area contributed by atoms with Gasteiger partial charge in [0.05, 0.1) is 10.6 Å². The average molecular weight is 514 g/mol. The first kappa shape index (κ1) is 26.2. The lowest BCUT2D eigenvalue weighted by Gasteiger charge is -2.31. The summed E-state index contributed by atoms with van der Waals surface area (Å²) in [7, 11) is -2.62. The van der Waals surface area contributed by atoms with Crippen molar-refractivity contribution in [3.63, 3.8) is 0 Å². The first-order valence-corrected chi connectivity index (χ1v) is 12.8. The Morgan fingerprint density at radius 3 is 2.11 bits per heavy atom. The quantitative estimate of drug-likeness (QED) is 0.468. The van der Waals surface area contributed by atoms with Crippen molar-refractivity contribution < 1.29 is 18.0 Å². The minimum Gasteiger partial charge on any atom is -0.357 e. The molecular formula is C26H28ClN3O4S. The second-order valence-corrected chi connectivity index (χ2v) is 10.4. The van der Waals surface area contributed by atoms with E-state index < -0.39 is 28.5 Å². The highest BCUT2D eigenvalue weighted by atomic mass is 35.5. The van der Waals surface area contributed by atoms with Gasteiger partial charge in [-0.25, -0.2) is 8.42 Å². The molecule has 0 radical (unpaired) electrons. The Balaban J connectivity index is 2.01. The molecule has 3 rings (SSSR count). The fourth-order valence-electron chi connectivity index (χ4n) is 3.55. The molecule has 0 aliphatic rings. The number of aryl methyl sites for hydroxylation is 1. The Morgan fingerprint density at radius 2 is 1.54 bits per heavy atom. The van der Waals surface area contributed by atoms with E-state index in [0.717, 1.165) is 15.4 Å². The van der Waals surface area contributed by atoms with E-state index >= 15 is 0 Å². The van der Waals surface area contributed by atoms with Gasteiger partial charge in [0.1, 0.15) is 12.6 Å². The third-order valence-electron chi connectivity index (χ3n) is 5.61. The van der Waals surface area contributed by atoms with Crippen molar-refractivity contribution in [2.75, 3.05) is 17.9 Å². The summed E-state index contributed by atoms with van der Waals surface area (Å²) in [6, 6.07) is 21.0. The number of nitrogens with zero attached hydrogens (tertiary/aromatic N) is 2. The van der Waals surface area contributed by atoms with Gasteiger partial charge < -0.3 is 10.2 Å². The van der Waals surface area contributed by atoms with Crippen LogP contribution in [0, 0.1) is 6.92 Å². The van der Waals surface area contributed by atoms with Gasteiger partial charge in [0, 0.05) is 18.6 Å². The van der Waals surface area contributed by atoms with E-state index in [0.29, 0.717) is 10.7 Å². The zero-order valence-corrected chi connectivity index (χ0v) is 21.4. The summed E-state index contributed by atoms with van der Waals surface area (Å²) >= 11 is 5.95. The van der Waals surface area contributed by atoms with Gasteiger partial charge >= 0.3 is 0 Å². The first-order chi connectivity index (χ1) is 16.6. The van der Waals surface area contributed by atoms with Crippen LogP contribution in [0.1, 0.15) is 18.1 Å². The first-order valence-electron chi connectivity index (χ1n) is 11.0. The summed E-state index contributed by atoms with van der Waals surface area (Å²) in [5, 5.41) is 2.96. The van der Waals surface area contributed by atoms with Gasteiger partial charge in [-0.2, -0.15) is 0 Å². The molecule has 1 N–H and O–H groups in total. The molecule has 0 bridgehead atoms. The number of hydrogen-bond acceptors (Lipinski definition) is 4. The van der Waals surface area contributed by atoms with Crippen molar-refractivity contribution in [1.82, 2.24) is 10.2 Å². The van der Waals surface area contributed by atoms with Crippen molar-refractivity contribution in [2.45, 2.75) is 31.3 Å². The van der Waals surface area contributed by atoms with E-state index in [1.54, 1.807) is 31.2 Å². The molecule has 0 saturated carbocycles. The van der Waals surface area contributed by atoms with E-state index in [1.807, 2.05) is 37.3 Å². The van der Waals surface area contributed by atoms with Crippen LogP contribution in [0.2, 0.25) is 5.02 Å². The Hall–Kier alpha value is -3.36. The number of hydrogen-bond donors (Lipinski definition) is 1. The Bertz CT molecular complexity index is 1260. The molecule has 0 unspecified atom stereocenters. The molecular weight excluding hydrogens is 486 g/mol. The SMILES string of the molecule is CNC(=O)[C@H](C)N(Cc1ccccc1)C(=O)CN(c1ccc(C)cc1)S(=O)(=O)c1ccc(Cl)cc1. The molecule has 1 atom stereocenters. The number of benzene rings is 3. The van der Waals surface area contributed by atoms with E-state index in [1.165, 1.54) is 36.2 Å². The smallest absolute Gasteiger partial charge is 0.264 e. The van der Waals surface area contributed by atoms with E-state index in [2.05, 4.69) is 5.32 Å². The maximum absolute atomic E-state index is 13.6. The maximum atomic E-state index is 13.6. The highest BCUT2D eigenvalue weighted by Crippen LogP contribution is 2.26. The van der Waals surface area contributed by atoms with Crippen molar-refractivity contribution in [1.29, 1.82) is 0 Å². The normalized spacial score (nSPS) is 12.0. The van der Waals surface area contributed by atoms with Crippen LogP contribution < -0.4 is 9.62 Å². The van der Waals surface area contributed by atoms with Crippen molar-refractivity contribution in [3.05, 3.63) is 95.0 Å². The minimum absolute atomic E-state index is 0.00392. The average Bonchev–Trinajstić information content (AvgIpc) is 2.86. The zero-order valence-electron chi connectivity index (χ0n) is 19.8. The van der Waals surface area contributed by atoms with E-state index in [-0.39, 0.29) is 17.3 Å². The van der Waals surface area contributed by atoms with Crippen LogP contribution in [0.15, 0.2) is 83.8 Å². The minimum atomic E-state index is -4.11. The van der Waals surface area contributed by atoms with Gasteiger partial charge in [-0.15, -0.1) is 0 Å². The number of rotatable bonds is 9. The Labute approximate surface area is 211 Å². The van der Waals surface area contributed by atoms with E-state index in [9.17, 15) is 18.0 Å². The third-order valence-corrected chi connectivity index (χ3v) is 7.65. The molecule has 35 heavy (non-hydrogen) atoms. The molecule has 0 heterocycles. The summed E-state index contributed by atoms with van der Waals surface area (Å²) in [6.45, 7) is 3.17. The van der Waals surface area contributed by atoms with Crippen molar-refractivity contribution in [3.8, 4) is 0 Å². The number of likely N-dealkylation sites (N-methyl/N-ethyl adjacent to an activating group) is 1. The Kier molecular flexibility index (Phi) is 8.53. The largest absolute Gasteiger partial charge is 0.357 e. The van der Waals surface area contributed by atoms with Gasteiger partial charge in [0.25, 0.3) is 10.0 Å². The van der Waals surface area contributed by atoms with Gasteiger partial charge in [0.15, 0.2) is 0 Å². The van der Waals surface area contributed by atoms with E-state index in [4.69, 9.17) is 11.6 Å². The number of nitrogens with one attached hydrogen (secondary N) is 1. The molecule has 3 aromatic rings. The summed E-state index contributed by atoms with van der Waals surface area (Å²) in [6.07, 6.45) is 0. The predicted octanol–water partition coefficient (Wildman–Crippen LogP) is 4.01. The lowest BCUT2D eigenvalue weighted by Crippen LogP contribution is -2.50. The number of carbonyl (C=O) groups excluding carboxylic acids is 2. The highest BCUT2D eigenvalue weighted by molar-refractivity contribution is 7.92. The van der Waals surface area contributed by atoms with Crippen LogP contribution in [0.25, 0.3) is 0 Å². The summed E-state index contributed by atoms with van der Waals surface area (Å²) in [5.41, 5.74) is 2.10. The number of sulfonamides is 1. The standard InChI is InChI=1S/C26H28ClN3O4S/c1-19-9-13-23(14-10-19)30(35(33,34)24-15-11-22(27)12-16-24)18-25(31)29(20(2)26(32)28-3)17-21-7-5-4-6-8-21/h4-16,20H,17-18H2,1-3H3,(H,28,32)/t20-/m0/s1. The van der Waals surface area contributed by atoms with Crippen LogP contribution in [0.4, 0.5) is 5.69 Å². The molecule has 0 aromatic heterocycles. The van der Waals surface area contributed by atoms with Gasteiger partial charge in [-0.3, -0.25) is 13.9 Å². The molecule has 0 fully saturated rings. The fourth-order valence-corrected chi connectivity index (χ4v) is 5.09. The molecule has 0 saturated heterocycles. The van der Waals surface area contributed by atoms with Crippen LogP contribution in [-0.2, 0) is 26.2 Å². The molecule has 184 valence electrons. The van der Waals surface area contributed by atoms with Gasteiger partial charge in [-0.1, -0.05) is 59.6 Å². The summed E-state index contributed by atoms with van der Waals surface area (Å²) in [4.78, 5) is 27.4. The molecule has 7 nitrogen and oxygen atoms in total. The predicted molar refractivity (Wildman–Crippen MR) is 138 cm³/mol. The second kappa shape index (κ2) is 11.4. The highest BCUT2D eigenvalue weighted by Gasteiger charge is 2.32. The number of amides is 2. The molecule has 2 amide bonds. The topological polar surface area (TPSA) is 86.8 Å². The molecule has 9 heteroatoms. The fraction of sp³-hybridized carbons (Fsp3) is 0.231. The molecule has 0 aliphatic heterocycles. The van der Waals surface area contributed by atoms with Gasteiger partial charge in [0.2, 0.25) is 11.8 Å². The van der Waals surface area contributed by atoms with Crippen LogP contribution in [-0.4, -0.2) is 44.8 Å². The summed E-state index contributed by atoms with van der Waals surface area (Å²) in [5.74, 6) is -0.861. The Morgan fingerprint density at radius 1 is 0.943 bits per heavy atom. The second-order valence-electron chi connectivity index (χ2n) is 8.10. The maximum Gasteiger partial charge on any atom is 0.264 e. The van der Waals surface area contributed by atoms with Crippen LogP contribution in [0.3, 0.4) is 0 Å². The van der Waals surface area contributed by atoms with Gasteiger partial charge in [-0.05, 0) is 55.8 Å². The lowest BCUT2D eigenvalue weighted by atomic mass is 10.1. The zero-order chi connectivity index (χ0) is 25.6. The molecule has 0 aliphatic carbocycles. The van der Waals surface area contributed by atoms with Crippen LogP contribution in [0.5, 0.6) is 0 Å². The number of carbonyl (C=O) groups is 2. The number of halogens is 1. The lowest BCUT2D eigenvalue weighted by molar-refractivity contribution is -0.139. The molecule has 0 spiro atoms. The van der Waals surface area contributed by atoms with Crippen LogP contribution >= 0.6 is 11.6 Å². The summed E-state index contributed by atoms with van der Waals surface area (Å²) < 4.78 is 28.3. The van der Waals surface area contributed by atoms with Crippen molar-refractivity contribution in [2.24, 2.45) is 0 Å². The van der Waals surface area contributed by atoms with Crippen molar-refractivity contribution >= 4 is 39.1 Å². The monoisotopic (exact) mass is 513 g/mol. The number of anilines is 1. The third kappa shape index (κ3) is 6.41. The molecule has 3 aromatic carbocycles.